The Balaban J connectivity index is 0.00000364. The van der Waals surface area contributed by atoms with Gasteiger partial charge in [-0.25, -0.2) is 0 Å². The van der Waals surface area contributed by atoms with Gasteiger partial charge in [0, 0.05) is 18.8 Å². The second-order valence-corrected chi connectivity index (χ2v) is 7.27. The average Bonchev–Trinajstić information content (AvgIpc) is 2.63. The van der Waals surface area contributed by atoms with Crippen molar-refractivity contribution in [2.75, 3.05) is 18.5 Å². The van der Waals surface area contributed by atoms with E-state index in [4.69, 9.17) is 15.2 Å². The quantitative estimate of drug-likeness (QED) is 0.202. The Morgan fingerprint density at radius 2 is 1.81 bits per heavy atom. The van der Waals surface area contributed by atoms with E-state index in [0.29, 0.717) is 12.1 Å². The molecule has 1 aromatic carbocycles. The molecule has 1 fully saturated rings. The molecule has 0 saturated heterocycles. The van der Waals surface area contributed by atoms with Gasteiger partial charge in [0.05, 0.1) is 12.2 Å². The van der Waals surface area contributed by atoms with Gasteiger partial charge in [0.1, 0.15) is 5.75 Å². The minimum Gasteiger partial charge on any atom is -0.491 e. The summed E-state index contributed by atoms with van der Waals surface area (Å²) < 4.78 is 11.6. The lowest BCUT2D eigenvalue weighted by Crippen LogP contribution is -2.22. The highest BCUT2D eigenvalue weighted by Crippen LogP contribution is 2.20. The van der Waals surface area contributed by atoms with Crippen molar-refractivity contribution < 1.29 is 9.47 Å². The Labute approximate surface area is 181 Å². The molecule has 2 rings (SSSR count). The molecule has 6 heteroatoms. The van der Waals surface area contributed by atoms with Gasteiger partial charge in [-0.1, -0.05) is 19.3 Å². The minimum atomic E-state index is 0. The molecule has 1 aliphatic carbocycles. The highest BCUT2D eigenvalue weighted by atomic mass is 127. The van der Waals surface area contributed by atoms with Crippen molar-refractivity contribution in [2.45, 2.75) is 77.4 Å². The number of aliphatic imine (C=N–C) groups is 1. The average molecular weight is 489 g/mol. The van der Waals surface area contributed by atoms with E-state index in [2.05, 4.69) is 10.3 Å². The van der Waals surface area contributed by atoms with E-state index in [1.54, 1.807) is 0 Å². The highest BCUT2D eigenvalue weighted by Gasteiger charge is 2.12. The number of unbranched alkanes of at least 4 members (excludes halogenated alkanes) is 2. The lowest BCUT2D eigenvalue weighted by Gasteiger charge is -2.21. The van der Waals surface area contributed by atoms with Gasteiger partial charge in [-0.05, 0) is 70.2 Å². The zero-order valence-electron chi connectivity index (χ0n) is 16.8. The van der Waals surface area contributed by atoms with Crippen LogP contribution < -0.4 is 15.8 Å². The summed E-state index contributed by atoms with van der Waals surface area (Å²) in [6, 6.07) is 7.76. The highest BCUT2D eigenvalue weighted by molar-refractivity contribution is 14.0. The van der Waals surface area contributed by atoms with Gasteiger partial charge in [0.15, 0.2) is 5.96 Å². The van der Waals surface area contributed by atoms with Crippen LogP contribution in [0.2, 0.25) is 0 Å². The van der Waals surface area contributed by atoms with Crippen molar-refractivity contribution in [3.05, 3.63) is 24.3 Å². The number of guanidine groups is 1. The molecule has 1 aromatic rings. The lowest BCUT2D eigenvalue weighted by atomic mass is 9.98. The number of benzene rings is 1. The monoisotopic (exact) mass is 489 g/mol. The number of nitrogens with one attached hydrogen (secondary N) is 1. The summed E-state index contributed by atoms with van der Waals surface area (Å²) in [5.41, 5.74) is 6.87. The van der Waals surface area contributed by atoms with Gasteiger partial charge < -0.3 is 20.5 Å². The first-order chi connectivity index (χ1) is 12.6. The predicted octanol–water partition coefficient (Wildman–Crippen LogP) is 5.34. The van der Waals surface area contributed by atoms with Crippen LogP contribution in [0.5, 0.6) is 5.75 Å². The fraction of sp³-hybridized carbons (Fsp3) is 0.667. The van der Waals surface area contributed by atoms with Crippen LogP contribution in [0.4, 0.5) is 5.69 Å². The molecule has 0 spiro atoms. The van der Waals surface area contributed by atoms with Gasteiger partial charge in [0.25, 0.3) is 0 Å². The molecule has 0 bridgehead atoms. The molecule has 0 aromatic heterocycles. The maximum absolute atomic E-state index is 5.95. The second-order valence-electron chi connectivity index (χ2n) is 7.27. The third kappa shape index (κ3) is 10.8. The summed E-state index contributed by atoms with van der Waals surface area (Å²) in [5.74, 6) is 1.32. The van der Waals surface area contributed by atoms with Gasteiger partial charge in [-0.3, -0.25) is 4.99 Å². The summed E-state index contributed by atoms with van der Waals surface area (Å²) >= 11 is 0. The smallest absolute Gasteiger partial charge is 0.193 e. The normalized spacial score (nSPS) is 15.4. The first-order valence-corrected chi connectivity index (χ1v) is 10.1. The van der Waals surface area contributed by atoms with Crippen molar-refractivity contribution >= 4 is 35.6 Å². The summed E-state index contributed by atoms with van der Waals surface area (Å²) in [4.78, 5) is 4.39. The Morgan fingerprint density at radius 3 is 2.48 bits per heavy atom. The number of nitrogens with zero attached hydrogens (tertiary/aromatic N) is 1. The summed E-state index contributed by atoms with van der Waals surface area (Å²) in [6.07, 6.45) is 10.5. The zero-order valence-corrected chi connectivity index (χ0v) is 19.1. The molecule has 0 radical (unpaired) electrons. The molecule has 0 atom stereocenters. The summed E-state index contributed by atoms with van der Waals surface area (Å²) in [6.45, 7) is 5.65. The van der Waals surface area contributed by atoms with Crippen LogP contribution in [0.25, 0.3) is 0 Å². The standard InChI is InChI=1S/C21H35N3O2.HI/c1-17(2)26-20-13-11-18(12-14-20)24-21(22)23-15-7-4-8-16-25-19-9-5-3-6-10-19;/h11-14,17,19H,3-10,15-16H2,1-2H3,(H3,22,23,24);1H. The minimum absolute atomic E-state index is 0. The molecule has 5 nitrogen and oxygen atoms in total. The van der Waals surface area contributed by atoms with Gasteiger partial charge in [-0.2, -0.15) is 0 Å². The fourth-order valence-electron chi connectivity index (χ4n) is 3.15. The molecule has 154 valence electrons. The van der Waals surface area contributed by atoms with E-state index >= 15 is 0 Å². The maximum Gasteiger partial charge on any atom is 0.193 e. The molecular weight excluding hydrogens is 453 g/mol. The predicted molar refractivity (Wildman–Crippen MR) is 124 cm³/mol. The third-order valence-corrected chi connectivity index (χ3v) is 4.49. The van der Waals surface area contributed by atoms with Crippen LogP contribution in [0, 0.1) is 0 Å². The van der Waals surface area contributed by atoms with Crippen molar-refractivity contribution in [1.82, 2.24) is 0 Å². The Kier molecular flexibility index (Phi) is 12.5. The number of rotatable bonds is 10. The van der Waals surface area contributed by atoms with Crippen LogP contribution >= 0.6 is 24.0 Å². The maximum atomic E-state index is 5.95. The molecule has 1 saturated carbocycles. The number of hydrogen-bond donors (Lipinski definition) is 2. The van der Waals surface area contributed by atoms with Crippen molar-refractivity contribution in [3.8, 4) is 5.75 Å². The lowest BCUT2D eigenvalue weighted by molar-refractivity contribution is 0.0264. The largest absolute Gasteiger partial charge is 0.491 e. The van der Waals surface area contributed by atoms with Gasteiger partial charge in [-0.15, -0.1) is 24.0 Å². The van der Waals surface area contributed by atoms with Crippen molar-refractivity contribution in [1.29, 1.82) is 0 Å². The second kappa shape index (κ2) is 14.0. The fourth-order valence-corrected chi connectivity index (χ4v) is 3.15. The molecule has 1 aliphatic rings. The Hall–Kier alpha value is -1.02. The van der Waals surface area contributed by atoms with Crippen LogP contribution in [0.1, 0.15) is 65.2 Å². The van der Waals surface area contributed by atoms with Gasteiger partial charge in [0.2, 0.25) is 0 Å². The SMILES string of the molecule is CC(C)Oc1ccc(NC(N)=NCCCCCOC2CCCCC2)cc1.I. The topological polar surface area (TPSA) is 68.9 Å². The summed E-state index contributed by atoms with van der Waals surface area (Å²) in [5, 5.41) is 3.12. The molecule has 0 unspecified atom stereocenters. The summed E-state index contributed by atoms with van der Waals surface area (Å²) in [7, 11) is 0. The van der Waals surface area contributed by atoms with Crippen molar-refractivity contribution in [2.24, 2.45) is 10.7 Å². The van der Waals surface area contributed by atoms with E-state index in [-0.39, 0.29) is 30.1 Å². The molecular formula is C21H36IN3O2. The third-order valence-electron chi connectivity index (χ3n) is 4.49. The van der Waals surface area contributed by atoms with Crippen molar-refractivity contribution in [3.63, 3.8) is 0 Å². The number of ether oxygens (including phenoxy) is 2. The van der Waals surface area contributed by atoms with E-state index in [1.807, 2.05) is 38.1 Å². The molecule has 0 heterocycles. The first-order valence-electron chi connectivity index (χ1n) is 10.1. The molecule has 0 aliphatic heterocycles. The number of halogens is 1. The van der Waals surface area contributed by atoms with Crippen LogP contribution in [0.15, 0.2) is 29.3 Å². The zero-order chi connectivity index (χ0) is 18.6. The van der Waals surface area contributed by atoms with Gasteiger partial charge >= 0.3 is 0 Å². The van der Waals surface area contributed by atoms with E-state index in [1.165, 1.54) is 32.1 Å². The molecule has 27 heavy (non-hydrogen) atoms. The van der Waals surface area contributed by atoms with E-state index < -0.39 is 0 Å². The number of anilines is 1. The first kappa shape index (κ1) is 24.0. The van der Waals surface area contributed by atoms with Crippen LogP contribution in [0.3, 0.4) is 0 Å². The van der Waals surface area contributed by atoms with Crippen LogP contribution in [-0.4, -0.2) is 31.3 Å². The Bertz CT molecular complexity index is 529. The van der Waals surface area contributed by atoms with E-state index in [0.717, 1.165) is 43.9 Å². The molecule has 3 N–H and O–H groups in total. The molecule has 0 amide bonds. The van der Waals surface area contributed by atoms with E-state index in [9.17, 15) is 0 Å². The van der Waals surface area contributed by atoms with Crippen LogP contribution in [-0.2, 0) is 4.74 Å². The number of hydrogen-bond acceptors (Lipinski definition) is 3. The Morgan fingerprint density at radius 1 is 1.11 bits per heavy atom. The number of nitrogens with two attached hydrogens (primary N) is 1.